The lowest BCUT2D eigenvalue weighted by Crippen LogP contribution is -2.30. The molecule has 4 aromatic carbocycles. The largest absolute Gasteiger partial charge is 0.497 e. The van der Waals surface area contributed by atoms with Crippen molar-refractivity contribution in [2.45, 2.75) is 23.5 Å². The van der Waals surface area contributed by atoms with Crippen LogP contribution in [-0.4, -0.2) is 35.1 Å². The normalized spacial score (nSPS) is 11.8. The van der Waals surface area contributed by atoms with Gasteiger partial charge in [-0.3, -0.25) is 14.4 Å². The molecule has 1 aromatic heterocycles. The van der Waals surface area contributed by atoms with Gasteiger partial charge in [0.1, 0.15) is 11.4 Å². The van der Waals surface area contributed by atoms with Gasteiger partial charge in [-0.25, -0.2) is 4.98 Å². The van der Waals surface area contributed by atoms with Crippen molar-refractivity contribution >= 4 is 69.3 Å². The van der Waals surface area contributed by atoms with Gasteiger partial charge in [0.15, 0.2) is 5.13 Å². The molecule has 3 amide bonds. The van der Waals surface area contributed by atoms with Crippen LogP contribution in [0.2, 0.25) is 5.02 Å². The number of anilines is 2. The van der Waals surface area contributed by atoms with E-state index >= 15 is 0 Å². The molecule has 11 heteroatoms. The van der Waals surface area contributed by atoms with Crippen LogP contribution >= 0.6 is 34.7 Å². The van der Waals surface area contributed by atoms with E-state index in [1.54, 1.807) is 79.9 Å². The fourth-order valence-electron chi connectivity index (χ4n) is 4.41. The number of nitrogens with zero attached hydrogens (tertiary/aromatic N) is 1. The summed E-state index contributed by atoms with van der Waals surface area (Å²) in [4.78, 5) is 45.1. The van der Waals surface area contributed by atoms with Crippen LogP contribution in [0.4, 0.5) is 10.8 Å². The number of benzene rings is 4. The van der Waals surface area contributed by atoms with Gasteiger partial charge in [0.25, 0.3) is 11.8 Å². The van der Waals surface area contributed by atoms with Crippen molar-refractivity contribution < 1.29 is 19.1 Å². The van der Waals surface area contributed by atoms with Gasteiger partial charge < -0.3 is 20.7 Å². The van der Waals surface area contributed by atoms with Crippen LogP contribution in [0.15, 0.2) is 119 Å². The lowest BCUT2D eigenvalue weighted by atomic mass is 10.1. The topological polar surface area (TPSA) is 109 Å². The number of halogens is 1. The third-order valence-corrected chi connectivity index (χ3v) is 9.23. The van der Waals surface area contributed by atoms with E-state index in [9.17, 15) is 14.4 Å². The highest BCUT2D eigenvalue weighted by Gasteiger charge is 2.21. The number of hydrogen-bond acceptors (Lipinski definition) is 7. The molecule has 0 aliphatic rings. The van der Waals surface area contributed by atoms with E-state index in [1.807, 2.05) is 48.7 Å². The minimum absolute atomic E-state index is 0.0579. The highest BCUT2D eigenvalue weighted by Crippen LogP contribution is 2.31. The number of methoxy groups -OCH3 is 1. The molecule has 1 atom stereocenters. The fraction of sp³-hybridized carbons (Fsp3) is 0.111. The summed E-state index contributed by atoms with van der Waals surface area (Å²) in [7, 11) is 1.62. The number of rotatable bonds is 12. The van der Waals surface area contributed by atoms with E-state index in [1.165, 1.54) is 23.1 Å². The molecule has 3 N–H and O–H groups in total. The van der Waals surface area contributed by atoms with E-state index in [4.69, 9.17) is 16.3 Å². The predicted octanol–water partition coefficient (Wildman–Crippen LogP) is 8.39. The average molecular weight is 683 g/mol. The summed E-state index contributed by atoms with van der Waals surface area (Å²) in [6.07, 6.45) is 2.16. The van der Waals surface area contributed by atoms with Crippen LogP contribution < -0.4 is 20.7 Å². The zero-order valence-electron chi connectivity index (χ0n) is 25.5. The molecule has 0 aliphatic carbocycles. The first-order chi connectivity index (χ1) is 22.8. The Morgan fingerprint density at radius 3 is 2.38 bits per heavy atom. The van der Waals surface area contributed by atoms with Crippen molar-refractivity contribution in [1.82, 2.24) is 10.3 Å². The lowest BCUT2D eigenvalue weighted by Gasteiger charge is -2.15. The molecule has 0 fully saturated rings. The Morgan fingerprint density at radius 1 is 0.936 bits per heavy atom. The highest BCUT2D eigenvalue weighted by molar-refractivity contribution is 8.00. The number of hydrogen-bond donors (Lipinski definition) is 3. The SMILES string of the molecule is CCC(Sc1cccc(NC(=O)/C(=C/c2ccc(Cl)cc2)NC(=O)c2ccccc2)c1)C(=O)Nc1nc(-c2ccc(OC)cc2)cs1. The molecule has 0 radical (unpaired) electrons. The van der Waals surface area contributed by atoms with Crippen molar-refractivity contribution in [3.63, 3.8) is 0 Å². The van der Waals surface area contributed by atoms with Gasteiger partial charge in [-0.15, -0.1) is 23.1 Å². The quantitative estimate of drug-likeness (QED) is 0.0901. The Labute approximate surface area is 286 Å². The standard InChI is InChI=1S/C36H31ClN4O4S2/c1-3-32(35(44)41-36-40-31(22-46-36)24-14-18-28(45-2)19-15-24)47-29-11-7-10-27(21-29)38-34(43)30(20-23-12-16-26(37)17-13-23)39-33(42)25-8-5-4-6-9-25/h4-22,32H,3H2,1-2H3,(H,38,43)(H,39,42)(H,40,41,44)/b30-20-. The zero-order chi connectivity index (χ0) is 33.2. The van der Waals surface area contributed by atoms with E-state index in [0.717, 1.165) is 21.9 Å². The van der Waals surface area contributed by atoms with Crippen molar-refractivity contribution in [2.75, 3.05) is 17.7 Å². The smallest absolute Gasteiger partial charge is 0.272 e. The third kappa shape index (κ3) is 9.32. The van der Waals surface area contributed by atoms with E-state index in [-0.39, 0.29) is 11.6 Å². The average Bonchev–Trinajstić information content (AvgIpc) is 3.56. The molecule has 5 aromatic rings. The molecule has 1 unspecified atom stereocenters. The van der Waals surface area contributed by atoms with Crippen molar-refractivity contribution in [1.29, 1.82) is 0 Å². The van der Waals surface area contributed by atoms with Gasteiger partial charge in [-0.1, -0.05) is 54.9 Å². The number of thiazole rings is 1. The molecular formula is C36H31ClN4O4S2. The second kappa shape index (κ2) is 16.1. The maximum absolute atomic E-state index is 13.5. The molecule has 47 heavy (non-hydrogen) atoms. The molecular weight excluding hydrogens is 652 g/mol. The summed E-state index contributed by atoms with van der Waals surface area (Å²) in [6, 6.07) is 30.4. The van der Waals surface area contributed by atoms with Crippen molar-refractivity contribution in [2.24, 2.45) is 0 Å². The van der Waals surface area contributed by atoms with Gasteiger partial charge >= 0.3 is 0 Å². The molecule has 0 saturated carbocycles. The number of thioether (sulfide) groups is 1. The Morgan fingerprint density at radius 2 is 1.68 bits per heavy atom. The number of nitrogens with one attached hydrogen (secondary N) is 3. The van der Waals surface area contributed by atoms with Crippen LogP contribution in [0.25, 0.3) is 17.3 Å². The maximum Gasteiger partial charge on any atom is 0.272 e. The van der Waals surface area contributed by atoms with E-state index < -0.39 is 17.1 Å². The second-order valence-electron chi connectivity index (χ2n) is 10.2. The molecule has 0 bridgehead atoms. The van der Waals surface area contributed by atoms with Gasteiger partial charge in [0.2, 0.25) is 5.91 Å². The molecule has 238 valence electrons. The fourth-order valence-corrected chi connectivity index (χ4v) is 6.27. The first-order valence-corrected chi connectivity index (χ1v) is 16.8. The van der Waals surface area contributed by atoms with Gasteiger partial charge in [-0.2, -0.15) is 0 Å². The lowest BCUT2D eigenvalue weighted by molar-refractivity contribution is -0.116. The van der Waals surface area contributed by atoms with Crippen LogP contribution in [-0.2, 0) is 9.59 Å². The molecule has 8 nitrogen and oxygen atoms in total. The van der Waals surface area contributed by atoms with E-state index in [0.29, 0.717) is 33.4 Å². The van der Waals surface area contributed by atoms with Crippen LogP contribution in [0, 0.1) is 0 Å². The number of carbonyl (C=O) groups is 3. The molecule has 0 spiro atoms. The van der Waals surface area contributed by atoms with Crippen LogP contribution in [0.3, 0.4) is 0 Å². The summed E-state index contributed by atoms with van der Waals surface area (Å²) in [5, 5.41) is 11.1. The van der Waals surface area contributed by atoms with Gasteiger partial charge in [0.05, 0.1) is 18.1 Å². The highest BCUT2D eigenvalue weighted by atomic mass is 35.5. The minimum atomic E-state index is -0.507. The molecule has 0 saturated heterocycles. The monoisotopic (exact) mass is 682 g/mol. The van der Waals surface area contributed by atoms with Crippen molar-refractivity contribution in [3.8, 4) is 17.0 Å². The Balaban J connectivity index is 1.26. The van der Waals surface area contributed by atoms with Gasteiger partial charge in [0, 0.05) is 32.1 Å². The van der Waals surface area contributed by atoms with E-state index in [2.05, 4.69) is 20.9 Å². The summed E-state index contributed by atoms with van der Waals surface area (Å²) in [5.74, 6) is -0.334. The third-order valence-electron chi connectivity index (χ3n) is 6.86. The molecule has 5 rings (SSSR count). The summed E-state index contributed by atoms with van der Waals surface area (Å²) in [5.41, 5.74) is 3.36. The maximum atomic E-state index is 13.5. The first kappa shape index (κ1) is 33.5. The molecule has 1 heterocycles. The van der Waals surface area contributed by atoms with Gasteiger partial charge in [-0.05, 0) is 84.8 Å². The van der Waals surface area contributed by atoms with Crippen LogP contribution in [0.5, 0.6) is 5.75 Å². The predicted molar refractivity (Wildman–Crippen MR) is 191 cm³/mol. The first-order valence-electron chi connectivity index (χ1n) is 14.6. The number of ether oxygens (including phenoxy) is 1. The number of aromatic nitrogens is 1. The summed E-state index contributed by atoms with van der Waals surface area (Å²) in [6.45, 7) is 1.94. The molecule has 0 aliphatic heterocycles. The Kier molecular flexibility index (Phi) is 11.5. The second-order valence-corrected chi connectivity index (χ2v) is 12.8. The van der Waals surface area contributed by atoms with Crippen LogP contribution in [0.1, 0.15) is 29.3 Å². The summed E-state index contributed by atoms with van der Waals surface area (Å²) < 4.78 is 5.22. The zero-order valence-corrected chi connectivity index (χ0v) is 27.9. The minimum Gasteiger partial charge on any atom is -0.497 e. The number of carbonyl (C=O) groups excluding carboxylic acids is 3. The number of amides is 3. The summed E-state index contributed by atoms with van der Waals surface area (Å²) >= 11 is 8.78. The van der Waals surface area contributed by atoms with Crippen molar-refractivity contribution in [3.05, 3.63) is 130 Å². The Bertz CT molecular complexity index is 1880. The Hall–Kier alpha value is -4.90.